The van der Waals surface area contributed by atoms with Crippen molar-refractivity contribution < 1.29 is 4.79 Å². The van der Waals surface area contributed by atoms with Gasteiger partial charge in [-0.05, 0) is 53.0 Å². The Bertz CT molecular complexity index is 873. The molecular formula is C18H12Cl3NO. The number of carbonyl (C=O) groups is 1. The minimum absolute atomic E-state index is 0.0723. The first-order valence-electron chi connectivity index (χ1n) is 7.32. The largest absolute Gasteiger partial charge is 0.345 e. The van der Waals surface area contributed by atoms with Gasteiger partial charge in [0.25, 0.3) is 0 Å². The van der Waals surface area contributed by atoms with Crippen LogP contribution in [0.5, 0.6) is 0 Å². The summed E-state index contributed by atoms with van der Waals surface area (Å²) in [6.07, 6.45) is 1.21. The summed E-state index contributed by atoms with van der Waals surface area (Å²) in [5.41, 5.74) is 5.27. The minimum atomic E-state index is -0.0924. The van der Waals surface area contributed by atoms with E-state index in [2.05, 4.69) is 5.32 Å². The summed E-state index contributed by atoms with van der Waals surface area (Å²) in [5.74, 6) is 0.0723. The molecule has 1 amide bonds. The van der Waals surface area contributed by atoms with E-state index in [9.17, 15) is 4.79 Å². The molecule has 1 N–H and O–H groups in total. The molecule has 116 valence electrons. The van der Waals surface area contributed by atoms with Crippen LogP contribution in [0.4, 0.5) is 0 Å². The Hall–Kier alpha value is -1.48. The van der Waals surface area contributed by atoms with E-state index < -0.39 is 0 Å². The van der Waals surface area contributed by atoms with Gasteiger partial charge in [-0.15, -0.1) is 0 Å². The lowest BCUT2D eigenvalue weighted by Crippen LogP contribution is -2.32. The highest BCUT2D eigenvalue weighted by atomic mass is 35.5. The maximum atomic E-state index is 11.8. The number of nitrogens with one attached hydrogen (secondary N) is 1. The fourth-order valence-corrected chi connectivity index (χ4v) is 4.10. The van der Waals surface area contributed by atoms with Gasteiger partial charge in [-0.3, -0.25) is 4.79 Å². The number of hydrogen-bond acceptors (Lipinski definition) is 1. The van der Waals surface area contributed by atoms with Gasteiger partial charge < -0.3 is 5.32 Å². The van der Waals surface area contributed by atoms with Crippen LogP contribution in [0.25, 0.3) is 5.57 Å². The monoisotopic (exact) mass is 363 g/mol. The van der Waals surface area contributed by atoms with Crippen molar-refractivity contribution in [3.8, 4) is 0 Å². The molecule has 1 heterocycles. The molecular weight excluding hydrogens is 353 g/mol. The number of fused-ring (bicyclic) bond motifs is 3. The van der Waals surface area contributed by atoms with Crippen LogP contribution in [-0.2, 0) is 4.79 Å². The van der Waals surface area contributed by atoms with Crippen molar-refractivity contribution in [2.45, 2.75) is 18.9 Å². The van der Waals surface area contributed by atoms with Gasteiger partial charge in [-0.1, -0.05) is 46.9 Å². The average molecular weight is 365 g/mol. The lowest BCUT2D eigenvalue weighted by atomic mass is 9.93. The Morgan fingerprint density at radius 3 is 2.43 bits per heavy atom. The molecule has 0 aromatic heterocycles. The van der Waals surface area contributed by atoms with Crippen LogP contribution >= 0.6 is 34.8 Å². The van der Waals surface area contributed by atoms with Crippen LogP contribution in [0.3, 0.4) is 0 Å². The summed E-state index contributed by atoms with van der Waals surface area (Å²) < 4.78 is 0. The first-order chi connectivity index (χ1) is 11.0. The Morgan fingerprint density at radius 2 is 1.65 bits per heavy atom. The molecule has 1 saturated heterocycles. The van der Waals surface area contributed by atoms with Crippen molar-refractivity contribution in [1.82, 2.24) is 5.32 Å². The Labute approximate surface area is 149 Å². The van der Waals surface area contributed by atoms with Crippen molar-refractivity contribution in [1.29, 1.82) is 0 Å². The molecule has 0 radical (unpaired) electrons. The second-order valence-corrected chi connectivity index (χ2v) is 7.04. The second kappa shape index (κ2) is 5.55. The van der Waals surface area contributed by atoms with E-state index >= 15 is 0 Å². The van der Waals surface area contributed by atoms with Crippen LogP contribution in [0.15, 0.2) is 42.0 Å². The number of benzene rings is 2. The highest BCUT2D eigenvalue weighted by Gasteiger charge is 2.36. The molecule has 1 atom stereocenters. The van der Waals surface area contributed by atoms with Gasteiger partial charge >= 0.3 is 0 Å². The van der Waals surface area contributed by atoms with E-state index in [-0.39, 0.29) is 11.9 Å². The predicted octanol–water partition coefficient (Wildman–Crippen LogP) is 5.41. The molecule has 23 heavy (non-hydrogen) atoms. The van der Waals surface area contributed by atoms with Gasteiger partial charge in [0.2, 0.25) is 5.91 Å². The lowest BCUT2D eigenvalue weighted by Gasteiger charge is -2.24. The summed E-state index contributed by atoms with van der Waals surface area (Å²) >= 11 is 18.7. The van der Waals surface area contributed by atoms with Gasteiger partial charge in [0.15, 0.2) is 0 Å². The summed E-state index contributed by atoms with van der Waals surface area (Å²) in [4.78, 5) is 11.8. The molecule has 2 aromatic carbocycles. The predicted molar refractivity (Wildman–Crippen MR) is 94.1 cm³/mol. The molecule has 1 aliphatic carbocycles. The number of rotatable bonds is 1. The van der Waals surface area contributed by atoms with Crippen LogP contribution in [0, 0.1) is 0 Å². The normalized spacial score (nSPS) is 19.4. The van der Waals surface area contributed by atoms with E-state index in [0.717, 1.165) is 28.7 Å². The molecule has 1 aliphatic heterocycles. The van der Waals surface area contributed by atoms with Crippen LogP contribution in [0.1, 0.15) is 35.6 Å². The van der Waals surface area contributed by atoms with Crippen LogP contribution in [-0.4, -0.2) is 5.91 Å². The highest BCUT2D eigenvalue weighted by Crippen LogP contribution is 2.49. The fraction of sp³-hybridized carbons (Fsp3) is 0.167. The van der Waals surface area contributed by atoms with Gasteiger partial charge in [0, 0.05) is 27.1 Å². The Kier molecular flexibility index (Phi) is 3.64. The highest BCUT2D eigenvalue weighted by molar-refractivity contribution is 6.36. The van der Waals surface area contributed by atoms with Gasteiger partial charge in [-0.25, -0.2) is 0 Å². The van der Waals surface area contributed by atoms with Crippen molar-refractivity contribution in [3.05, 3.63) is 73.7 Å². The molecule has 2 aliphatic rings. The van der Waals surface area contributed by atoms with Gasteiger partial charge in [0.05, 0.1) is 6.04 Å². The third-order valence-electron chi connectivity index (χ3n) is 4.39. The molecule has 4 rings (SSSR count). The summed E-state index contributed by atoms with van der Waals surface area (Å²) in [6, 6.07) is 11.2. The first-order valence-corrected chi connectivity index (χ1v) is 8.45. The molecule has 2 nitrogen and oxygen atoms in total. The average Bonchev–Trinajstić information content (AvgIpc) is 2.80. The van der Waals surface area contributed by atoms with E-state index in [0.29, 0.717) is 21.5 Å². The zero-order valence-corrected chi connectivity index (χ0v) is 14.3. The Balaban J connectivity index is 1.97. The molecule has 1 fully saturated rings. The lowest BCUT2D eigenvalue weighted by molar-refractivity contribution is -0.122. The first kappa shape index (κ1) is 15.1. The molecule has 5 heteroatoms. The summed E-state index contributed by atoms with van der Waals surface area (Å²) in [5, 5.41) is 4.94. The number of carbonyl (C=O) groups excluding carboxylic acids is 1. The van der Waals surface area contributed by atoms with E-state index in [1.807, 2.05) is 30.3 Å². The fourth-order valence-electron chi connectivity index (χ4n) is 3.43. The second-order valence-electron chi connectivity index (χ2n) is 5.76. The quantitative estimate of drug-likeness (QED) is 0.720. The zero-order valence-electron chi connectivity index (χ0n) is 12.0. The number of hydrogen-bond donors (Lipinski definition) is 1. The maximum absolute atomic E-state index is 11.8. The minimum Gasteiger partial charge on any atom is -0.345 e. The molecule has 0 saturated carbocycles. The number of halogens is 3. The number of piperidine rings is 1. The zero-order chi connectivity index (χ0) is 16.1. The molecule has 1 unspecified atom stereocenters. The maximum Gasteiger partial charge on any atom is 0.221 e. The molecule has 0 spiro atoms. The third-order valence-corrected chi connectivity index (χ3v) is 5.18. The number of amides is 1. The van der Waals surface area contributed by atoms with Crippen molar-refractivity contribution >= 4 is 46.3 Å². The van der Waals surface area contributed by atoms with Crippen molar-refractivity contribution in [3.63, 3.8) is 0 Å². The molecule has 0 bridgehead atoms. The standard InChI is InChI=1S/C18H12Cl3NO/c19-9-1-3-11-14(7-9)17(12-4-2-10(20)8-15(12)21)13-5-6-16(23)22-18(11)13/h1-4,7-8,18H,5-6H2,(H,22,23). The van der Waals surface area contributed by atoms with Crippen molar-refractivity contribution in [2.24, 2.45) is 0 Å². The van der Waals surface area contributed by atoms with Crippen LogP contribution < -0.4 is 5.32 Å². The summed E-state index contributed by atoms with van der Waals surface area (Å²) in [7, 11) is 0. The molecule has 2 aromatic rings. The Morgan fingerprint density at radius 1 is 0.913 bits per heavy atom. The van der Waals surface area contributed by atoms with Crippen LogP contribution in [0.2, 0.25) is 15.1 Å². The summed E-state index contributed by atoms with van der Waals surface area (Å²) in [6.45, 7) is 0. The van der Waals surface area contributed by atoms with E-state index in [1.165, 1.54) is 5.57 Å². The van der Waals surface area contributed by atoms with Crippen molar-refractivity contribution in [2.75, 3.05) is 0 Å². The smallest absolute Gasteiger partial charge is 0.221 e. The van der Waals surface area contributed by atoms with E-state index in [4.69, 9.17) is 34.8 Å². The SMILES string of the molecule is O=C1CCC2=C(c3ccc(Cl)cc3Cl)c3cc(Cl)ccc3C2N1. The topological polar surface area (TPSA) is 29.1 Å². The van der Waals surface area contributed by atoms with Gasteiger partial charge in [0.1, 0.15) is 0 Å². The van der Waals surface area contributed by atoms with Gasteiger partial charge in [-0.2, -0.15) is 0 Å². The third kappa shape index (κ3) is 2.46. The van der Waals surface area contributed by atoms with E-state index in [1.54, 1.807) is 6.07 Å².